The van der Waals surface area contributed by atoms with Gasteiger partial charge in [-0.05, 0) is 6.42 Å². The van der Waals surface area contributed by atoms with Crippen LogP contribution in [0.1, 0.15) is 14.3 Å². The summed E-state index contributed by atoms with van der Waals surface area (Å²) < 4.78 is 9.97. The monoisotopic (exact) mass is 186 g/mol. The van der Waals surface area contributed by atoms with Crippen LogP contribution in [0.15, 0.2) is 0 Å². The number of carbonyl (C=O) groups is 1. The van der Waals surface area contributed by atoms with E-state index in [9.17, 15) is 4.79 Å². The summed E-state index contributed by atoms with van der Waals surface area (Å²) in [5, 5.41) is 8.31. The normalized spacial score (nSPS) is 18.9. The average molecular weight is 186 g/mol. The SMILES string of the molecule is O=C(O)CC1OCCCO1.[H-].[K+]. The molecule has 4 nitrogen and oxygen atoms in total. The van der Waals surface area contributed by atoms with Crippen molar-refractivity contribution in [1.82, 2.24) is 0 Å². The summed E-state index contributed by atoms with van der Waals surface area (Å²) in [6.45, 7) is 1.22. The van der Waals surface area contributed by atoms with Gasteiger partial charge < -0.3 is 16.0 Å². The average Bonchev–Trinajstić information content (AvgIpc) is 1.88. The van der Waals surface area contributed by atoms with Crippen LogP contribution in [-0.4, -0.2) is 30.6 Å². The van der Waals surface area contributed by atoms with E-state index in [1.165, 1.54) is 0 Å². The minimum Gasteiger partial charge on any atom is -1.00 e. The van der Waals surface area contributed by atoms with Crippen molar-refractivity contribution in [2.24, 2.45) is 0 Å². The number of carboxylic acids is 1. The van der Waals surface area contributed by atoms with Gasteiger partial charge in [0, 0.05) is 0 Å². The van der Waals surface area contributed by atoms with Crippen LogP contribution in [0.3, 0.4) is 0 Å². The third kappa shape index (κ3) is 5.29. The fourth-order valence-corrected chi connectivity index (χ4v) is 0.797. The fraction of sp³-hybridized carbons (Fsp3) is 0.833. The fourth-order valence-electron chi connectivity index (χ4n) is 0.797. The number of hydrogen-bond donors (Lipinski definition) is 1. The molecule has 0 radical (unpaired) electrons. The molecule has 0 aromatic heterocycles. The Balaban J connectivity index is 0. The maximum absolute atomic E-state index is 10.1. The van der Waals surface area contributed by atoms with Crippen molar-refractivity contribution in [3.63, 3.8) is 0 Å². The van der Waals surface area contributed by atoms with E-state index in [0.717, 1.165) is 6.42 Å². The first kappa shape index (κ1) is 12.0. The minimum absolute atomic E-state index is 0. The van der Waals surface area contributed by atoms with Gasteiger partial charge in [0.1, 0.15) is 0 Å². The van der Waals surface area contributed by atoms with Crippen molar-refractivity contribution < 1.29 is 72.2 Å². The molecule has 0 bridgehead atoms. The predicted octanol–water partition coefficient (Wildman–Crippen LogP) is -2.66. The van der Waals surface area contributed by atoms with Crippen molar-refractivity contribution in [2.75, 3.05) is 13.2 Å². The molecule has 11 heavy (non-hydrogen) atoms. The maximum atomic E-state index is 10.1. The zero-order chi connectivity index (χ0) is 7.40. The third-order valence-corrected chi connectivity index (χ3v) is 1.24. The molecule has 1 rings (SSSR count). The Morgan fingerprint density at radius 3 is 2.55 bits per heavy atom. The van der Waals surface area contributed by atoms with Crippen LogP contribution in [0.5, 0.6) is 0 Å². The summed E-state index contributed by atoms with van der Waals surface area (Å²) in [5.74, 6) is -0.882. The summed E-state index contributed by atoms with van der Waals surface area (Å²) in [5.41, 5.74) is 0. The molecule has 5 heteroatoms. The second kappa shape index (κ2) is 6.53. The number of rotatable bonds is 2. The Kier molecular flexibility index (Phi) is 7.14. The molecule has 0 unspecified atom stereocenters. The summed E-state index contributed by atoms with van der Waals surface area (Å²) in [6.07, 6.45) is 0.280. The van der Waals surface area contributed by atoms with Gasteiger partial charge in [0.25, 0.3) is 0 Å². The molecular weight excluding hydrogens is 175 g/mol. The molecule has 0 spiro atoms. The number of ether oxygens (including phenoxy) is 2. The van der Waals surface area contributed by atoms with Crippen LogP contribution in [0.4, 0.5) is 0 Å². The van der Waals surface area contributed by atoms with Crippen molar-refractivity contribution >= 4 is 5.97 Å². The summed E-state index contributed by atoms with van der Waals surface area (Å²) in [6, 6.07) is 0. The van der Waals surface area contributed by atoms with Gasteiger partial charge in [-0.15, -0.1) is 0 Å². The molecule has 0 aromatic rings. The topological polar surface area (TPSA) is 55.8 Å². The molecule has 0 aromatic carbocycles. The number of carboxylic acid groups (broad SMARTS) is 1. The molecule has 1 fully saturated rings. The van der Waals surface area contributed by atoms with E-state index < -0.39 is 12.3 Å². The van der Waals surface area contributed by atoms with Crippen molar-refractivity contribution in [2.45, 2.75) is 19.1 Å². The van der Waals surface area contributed by atoms with Gasteiger partial charge in [0.15, 0.2) is 6.29 Å². The van der Waals surface area contributed by atoms with Gasteiger partial charge in [-0.3, -0.25) is 4.79 Å². The van der Waals surface area contributed by atoms with Gasteiger partial charge >= 0.3 is 57.4 Å². The van der Waals surface area contributed by atoms with E-state index in [1.54, 1.807) is 0 Å². The molecule has 0 atom stereocenters. The molecule has 1 aliphatic heterocycles. The molecule has 1 N–H and O–H groups in total. The van der Waals surface area contributed by atoms with E-state index in [4.69, 9.17) is 14.6 Å². The molecule has 60 valence electrons. The van der Waals surface area contributed by atoms with Gasteiger partial charge in [-0.2, -0.15) is 0 Å². The molecule has 1 saturated heterocycles. The molecular formula is C6H11KO4. The number of aliphatic carboxylic acids is 1. The first-order valence-electron chi connectivity index (χ1n) is 3.24. The Morgan fingerprint density at radius 1 is 1.55 bits per heavy atom. The van der Waals surface area contributed by atoms with Crippen LogP contribution in [0.2, 0.25) is 0 Å². The molecule has 0 saturated carbocycles. The van der Waals surface area contributed by atoms with Gasteiger partial charge in [0.2, 0.25) is 0 Å². The van der Waals surface area contributed by atoms with Crippen LogP contribution in [0.25, 0.3) is 0 Å². The van der Waals surface area contributed by atoms with Crippen LogP contribution >= 0.6 is 0 Å². The van der Waals surface area contributed by atoms with Crippen molar-refractivity contribution in [3.05, 3.63) is 0 Å². The molecule has 0 aliphatic carbocycles. The van der Waals surface area contributed by atoms with Gasteiger partial charge in [0.05, 0.1) is 19.6 Å². The zero-order valence-corrected chi connectivity index (χ0v) is 9.70. The van der Waals surface area contributed by atoms with E-state index in [2.05, 4.69) is 0 Å². The second-order valence-electron chi connectivity index (χ2n) is 2.12. The molecule has 1 aliphatic rings. The quantitative estimate of drug-likeness (QED) is 0.478. The summed E-state index contributed by atoms with van der Waals surface area (Å²) >= 11 is 0. The first-order valence-corrected chi connectivity index (χ1v) is 3.24. The third-order valence-electron chi connectivity index (χ3n) is 1.24. The largest absolute Gasteiger partial charge is 1.00 e. The zero-order valence-electron chi connectivity index (χ0n) is 7.58. The maximum Gasteiger partial charge on any atom is 1.00 e. The Bertz CT molecular complexity index is 127. The first-order chi connectivity index (χ1) is 4.79. The summed E-state index contributed by atoms with van der Waals surface area (Å²) in [4.78, 5) is 10.1. The van der Waals surface area contributed by atoms with E-state index in [-0.39, 0.29) is 59.2 Å². The predicted molar refractivity (Wildman–Crippen MR) is 33.7 cm³/mol. The van der Waals surface area contributed by atoms with E-state index >= 15 is 0 Å². The molecule has 0 amide bonds. The standard InChI is InChI=1S/C6H10O4.K.H/c7-5(8)4-6-9-2-1-3-10-6;;/h6H,1-4H2,(H,7,8);;/q;+1;-1. The van der Waals surface area contributed by atoms with E-state index in [0.29, 0.717) is 13.2 Å². The minimum atomic E-state index is -0.882. The van der Waals surface area contributed by atoms with Crippen LogP contribution < -0.4 is 51.4 Å². The smallest absolute Gasteiger partial charge is 1.00 e. The molecule has 1 heterocycles. The Labute approximate surface area is 109 Å². The van der Waals surface area contributed by atoms with E-state index in [1.807, 2.05) is 0 Å². The van der Waals surface area contributed by atoms with Gasteiger partial charge in [-0.25, -0.2) is 0 Å². The van der Waals surface area contributed by atoms with Crippen molar-refractivity contribution in [3.8, 4) is 0 Å². The van der Waals surface area contributed by atoms with Gasteiger partial charge in [-0.1, -0.05) is 0 Å². The summed E-state index contributed by atoms with van der Waals surface area (Å²) in [7, 11) is 0. The van der Waals surface area contributed by atoms with Crippen LogP contribution in [-0.2, 0) is 14.3 Å². The Hall–Kier alpha value is 1.03. The van der Waals surface area contributed by atoms with Crippen LogP contribution in [0, 0.1) is 0 Å². The Morgan fingerprint density at radius 2 is 2.09 bits per heavy atom. The van der Waals surface area contributed by atoms with Crippen molar-refractivity contribution in [1.29, 1.82) is 0 Å². The number of hydrogen-bond acceptors (Lipinski definition) is 3. The second-order valence-corrected chi connectivity index (χ2v) is 2.12.